The summed E-state index contributed by atoms with van der Waals surface area (Å²) in [5.41, 5.74) is 0. The van der Waals surface area contributed by atoms with Crippen LogP contribution >= 0.6 is 0 Å². The monoisotopic (exact) mass is 341 g/mol. The first-order chi connectivity index (χ1) is 11.4. The van der Waals surface area contributed by atoms with E-state index in [1.54, 1.807) is 4.90 Å². The summed E-state index contributed by atoms with van der Waals surface area (Å²) in [6.45, 7) is 0.944. The van der Waals surface area contributed by atoms with Gasteiger partial charge in [-0.05, 0) is 32.2 Å². The Kier molecular flexibility index (Phi) is 6.13. The third-order valence-corrected chi connectivity index (χ3v) is 4.50. The van der Waals surface area contributed by atoms with Crippen LogP contribution in [0.2, 0.25) is 0 Å². The number of carboxylic acid groups (broad SMARTS) is 2. The number of nitrogens with one attached hydrogen (secondary N) is 1. The van der Waals surface area contributed by atoms with Crippen molar-refractivity contribution in [2.45, 2.75) is 44.2 Å². The van der Waals surface area contributed by atoms with Crippen LogP contribution in [0.4, 0.5) is 0 Å². The number of hydrogen-bond acceptors (Lipinski definition) is 5. The van der Waals surface area contributed by atoms with Gasteiger partial charge in [-0.2, -0.15) is 0 Å². The van der Waals surface area contributed by atoms with E-state index >= 15 is 0 Å². The maximum atomic E-state index is 12.1. The second-order valence-electron chi connectivity index (χ2n) is 6.15. The first-order valence-electron chi connectivity index (χ1n) is 8.16. The van der Waals surface area contributed by atoms with Crippen LogP contribution in [-0.4, -0.2) is 82.0 Å². The fourth-order valence-electron chi connectivity index (χ4n) is 3.36. The van der Waals surface area contributed by atoms with Crippen LogP contribution in [0.5, 0.6) is 0 Å². The Bertz CT molecular complexity index is 523. The number of carboxylic acids is 2. The Hall–Kier alpha value is -2.16. The number of nitrogens with zero attached hydrogens (tertiary/aromatic N) is 2. The van der Waals surface area contributed by atoms with Gasteiger partial charge in [0.15, 0.2) is 0 Å². The SMILES string of the molecule is O=C(O)CN1CCC[C@H]1C(=O)NCCC(=O)N1CCC[C@H]1C(=O)O. The van der Waals surface area contributed by atoms with Gasteiger partial charge in [0.25, 0.3) is 0 Å². The maximum absolute atomic E-state index is 12.1. The molecule has 0 aromatic heterocycles. The van der Waals surface area contributed by atoms with Crippen molar-refractivity contribution in [3.8, 4) is 0 Å². The number of carbonyl (C=O) groups excluding carboxylic acids is 2. The third kappa shape index (κ3) is 4.44. The highest BCUT2D eigenvalue weighted by molar-refractivity contribution is 5.86. The van der Waals surface area contributed by atoms with Crippen molar-refractivity contribution >= 4 is 23.8 Å². The highest BCUT2D eigenvalue weighted by Crippen LogP contribution is 2.19. The fraction of sp³-hybridized carbons (Fsp3) is 0.733. The second kappa shape index (κ2) is 8.09. The molecule has 2 fully saturated rings. The molecule has 0 aromatic rings. The van der Waals surface area contributed by atoms with Crippen molar-refractivity contribution in [2.75, 3.05) is 26.2 Å². The zero-order chi connectivity index (χ0) is 17.7. The lowest BCUT2D eigenvalue weighted by Gasteiger charge is -2.23. The molecule has 9 heteroatoms. The minimum Gasteiger partial charge on any atom is -0.480 e. The predicted octanol–water partition coefficient (Wildman–Crippen LogP) is -0.883. The number of aliphatic carboxylic acids is 2. The van der Waals surface area contributed by atoms with E-state index in [1.165, 1.54) is 4.90 Å². The first-order valence-corrected chi connectivity index (χ1v) is 8.16. The molecule has 2 saturated heterocycles. The van der Waals surface area contributed by atoms with E-state index in [0.717, 1.165) is 6.42 Å². The summed E-state index contributed by atoms with van der Waals surface area (Å²) in [4.78, 5) is 49.1. The van der Waals surface area contributed by atoms with E-state index in [-0.39, 0.29) is 31.3 Å². The lowest BCUT2D eigenvalue weighted by molar-refractivity contribution is -0.148. The molecular weight excluding hydrogens is 318 g/mol. The normalized spacial score (nSPS) is 24.1. The molecule has 9 nitrogen and oxygen atoms in total. The predicted molar refractivity (Wildman–Crippen MR) is 82.2 cm³/mol. The Morgan fingerprint density at radius 1 is 1.00 bits per heavy atom. The fourth-order valence-corrected chi connectivity index (χ4v) is 3.36. The van der Waals surface area contributed by atoms with Gasteiger partial charge in [-0.25, -0.2) is 4.79 Å². The molecule has 134 valence electrons. The molecule has 0 unspecified atom stereocenters. The van der Waals surface area contributed by atoms with Gasteiger partial charge < -0.3 is 20.4 Å². The van der Waals surface area contributed by atoms with Crippen LogP contribution in [0.3, 0.4) is 0 Å². The molecule has 2 aliphatic rings. The van der Waals surface area contributed by atoms with Crippen LogP contribution < -0.4 is 5.32 Å². The van der Waals surface area contributed by atoms with E-state index < -0.39 is 24.0 Å². The summed E-state index contributed by atoms with van der Waals surface area (Å²) in [6, 6.07) is -1.25. The van der Waals surface area contributed by atoms with E-state index in [0.29, 0.717) is 32.4 Å². The van der Waals surface area contributed by atoms with Crippen molar-refractivity contribution < 1.29 is 29.4 Å². The van der Waals surface area contributed by atoms with Gasteiger partial charge in [-0.1, -0.05) is 0 Å². The average molecular weight is 341 g/mol. The standard InChI is InChI=1S/C15H23N3O6/c19-12(18-8-2-4-11(18)15(23)24)5-6-16-14(22)10-3-1-7-17(10)9-13(20)21/h10-11H,1-9H2,(H,16,22)(H,20,21)(H,23,24)/t10-,11-/m0/s1. The van der Waals surface area contributed by atoms with E-state index in [1.807, 2.05) is 0 Å². The number of likely N-dealkylation sites (tertiary alicyclic amines) is 2. The van der Waals surface area contributed by atoms with Crippen LogP contribution in [0.15, 0.2) is 0 Å². The van der Waals surface area contributed by atoms with Gasteiger partial charge >= 0.3 is 11.9 Å². The van der Waals surface area contributed by atoms with E-state index in [4.69, 9.17) is 10.2 Å². The molecule has 0 saturated carbocycles. The molecule has 0 spiro atoms. The smallest absolute Gasteiger partial charge is 0.326 e. The van der Waals surface area contributed by atoms with E-state index in [2.05, 4.69) is 5.32 Å². The number of rotatable bonds is 7. The molecule has 2 rings (SSSR count). The minimum atomic E-state index is -1.000. The molecule has 24 heavy (non-hydrogen) atoms. The number of carbonyl (C=O) groups is 4. The lowest BCUT2D eigenvalue weighted by atomic mass is 10.2. The summed E-state index contributed by atoms with van der Waals surface area (Å²) in [7, 11) is 0. The van der Waals surface area contributed by atoms with Gasteiger partial charge in [0, 0.05) is 19.5 Å². The van der Waals surface area contributed by atoms with Gasteiger partial charge in [-0.3, -0.25) is 19.3 Å². The minimum absolute atomic E-state index is 0.0428. The van der Waals surface area contributed by atoms with Gasteiger partial charge in [0.05, 0.1) is 12.6 Å². The van der Waals surface area contributed by atoms with Crippen molar-refractivity contribution in [1.29, 1.82) is 0 Å². The summed E-state index contributed by atoms with van der Waals surface area (Å²) >= 11 is 0. The molecular formula is C15H23N3O6. The molecule has 2 amide bonds. The largest absolute Gasteiger partial charge is 0.480 e. The molecule has 2 atom stereocenters. The van der Waals surface area contributed by atoms with Crippen molar-refractivity contribution in [3.63, 3.8) is 0 Å². The van der Waals surface area contributed by atoms with Gasteiger partial charge in [0.1, 0.15) is 6.04 Å². The Morgan fingerprint density at radius 3 is 2.33 bits per heavy atom. The summed E-state index contributed by atoms with van der Waals surface area (Å²) in [6.07, 6.45) is 2.53. The topological polar surface area (TPSA) is 127 Å². The van der Waals surface area contributed by atoms with Crippen LogP contribution in [0.25, 0.3) is 0 Å². The summed E-state index contributed by atoms with van der Waals surface area (Å²) in [5, 5.41) is 20.6. The van der Waals surface area contributed by atoms with Crippen LogP contribution in [0, 0.1) is 0 Å². The van der Waals surface area contributed by atoms with Gasteiger partial charge in [-0.15, -0.1) is 0 Å². The first kappa shape index (κ1) is 18.2. The quantitative estimate of drug-likeness (QED) is 0.548. The highest BCUT2D eigenvalue weighted by atomic mass is 16.4. The molecule has 0 bridgehead atoms. The van der Waals surface area contributed by atoms with E-state index in [9.17, 15) is 19.2 Å². The zero-order valence-corrected chi connectivity index (χ0v) is 13.4. The Balaban J connectivity index is 1.77. The molecule has 3 N–H and O–H groups in total. The van der Waals surface area contributed by atoms with Crippen molar-refractivity contribution in [3.05, 3.63) is 0 Å². The van der Waals surface area contributed by atoms with Crippen LogP contribution in [0.1, 0.15) is 32.1 Å². The van der Waals surface area contributed by atoms with Gasteiger partial charge in [0.2, 0.25) is 11.8 Å². The molecule has 0 aromatic carbocycles. The second-order valence-corrected chi connectivity index (χ2v) is 6.15. The molecule has 0 aliphatic carbocycles. The zero-order valence-electron chi connectivity index (χ0n) is 13.4. The summed E-state index contributed by atoms with van der Waals surface area (Å²) in [5.74, 6) is -2.54. The highest BCUT2D eigenvalue weighted by Gasteiger charge is 2.34. The Labute approximate surface area is 139 Å². The van der Waals surface area contributed by atoms with Crippen molar-refractivity contribution in [2.24, 2.45) is 0 Å². The Morgan fingerprint density at radius 2 is 1.67 bits per heavy atom. The summed E-state index contributed by atoms with van der Waals surface area (Å²) < 4.78 is 0. The third-order valence-electron chi connectivity index (χ3n) is 4.50. The number of amides is 2. The number of hydrogen-bond donors (Lipinski definition) is 3. The van der Waals surface area contributed by atoms with Crippen molar-refractivity contribution in [1.82, 2.24) is 15.1 Å². The molecule has 2 aliphatic heterocycles. The molecule has 0 radical (unpaired) electrons. The average Bonchev–Trinajstić information content (AvgIpc) is 3.14. The molecule has 2 heterocycles. The lowest BCUT2D eigenvalue weighted by Crippen LogP contribution is -2.46. The van der Waals surface area contributed by atoms with Crippen LogP contribution in [-0.2, 0) is 19.2 Å². The maximum Gasteiger partial charge on any atom is 0.326 e.